The van der Waals surface area contributed by atoms with Crippen LogP contribution in [-0.4, -0.2) is 40.7 Å². The number of rotatable bonds is 9. The number of carboxylic acids is 1. The van der Waals surface area contributed by atoms with E-state index in [4.69, 9.17) is 51.1 Å². The lowest BCUT2D eigenvalue weighted by Gasteiger charge is -2.14. The summed E-state index contributed by atoms with van der Waals surface area (Å²) in [6, 6.07) is 14.0. The number of thioether (sulfide) groups is 1. The summed E-state index contributed by atoms with van der Waals surface area (Å²) in [6.45, 7) is 0. The van der Waals surface area contributed by atoms with Crippen LogP contribution in [0.3, 0.4) is 0 Å². The third-order valence-electron chi connectivity index (χ3n) is 5.33. The van der Waals surface area contributed by atoms with Gasteiger partial charge in [0.15, 0.2) is 5.13 Å². The monoisotopic (exact) mass is 655 g/mol. The summed E-state index contributed by atoms with van der Waals surface area (Å²) in [4.78, 5) is 42.3. The Morgan fingerprint density at radius 1 is 0.900 bits per heavy atom. The summed E-state index contributed by atoms with van der Waals surface area (Å²) in [5.41, 5.74) is 1.02. The number of carbonyl (C=O) groups excluding carboxylic acids is 2. The smallest absolute Gasteiger partial charge is 0.338 e. The average Bonchev–Trinajstić information content (AvgIpc) is 3.41. The molecule has 2 amide bonds. The number of benzene rings is 3. The Kier molecular flexibility index (Phi) is 9.83. The molecule has 1 aromatic heterocycles. The second-order valence-electron chi connectivity index (χ2n) is 7.89. The molecule has 3 N–H and O–H groups in total. The van der Waals surface area contributed by atoms with Gasteiger partial charge in [-0.25, -0.2) is 9.78 Å². The summed E-state index contributed by atoms with van der Waals surface area (Å²) >= 11 is 26.7. The van der Waals surface area contributed by atoms with E-state index in [1.165, 1.54) is 23.1 Å². The molecule has 1 heterocycles. The first kappa shape index (κ1) is 30.0. The number of carbonyl (C=O) groups is 3. The highest BCUT2D eigenvalue weighted by atomic mass is 35.5. The molecule has 14 heteroatoms. The predicted octanol–water partition coefficient (Wildman–Crippen LogP) is 8.11. The lowest BCUT2D eigenvalue weighted by atomic mass is 10.1. The van der Waals surface area contributed by atoms with Gasteiger partial charge in [-0.1, -0.05) is 46.4 Å². The van der Waals surface area contributed by atoms with Gasteiger partial charge in [-0.15, -0.1) is 23.1 Å². The zero-order chi connectivity index (χ0) is 29.0. The minimum absolute atomic E-state index is 0.127. The molecule has 0 saturated carbocycles. The van der Waals surface area contributed by atoms with Crippen LogP contribution in [-0.2, 0) is 4.79 Å². The van der Waals surface area contributed by atoms with Crippen LogP contribution in [0.5, 0.6) is 5.75 Å². The molecule has 4 rings (SSSR count). The van der Waals surface area contributed by atoms with Gasteiger partial charge in [-0.2, -0.15) is 0 Å². The summed E-state index contributed by atoms with van der Waals surface area (Å²) in [7, 11) is 1.60. The molecule has 4 aromatic rings. The maximum atomic E-state index is 12.9. The number of halogens is 4. The van der Waals surface area contributed by atoms with E-state index in [-0.39, 0.29) is 26.7 Å². The predicted molar refractivity (Wildman–Crippen MR) is 161 cm³/mol. The highest BCUT2D eigenvalue weighted by Gasteiger charge is 2.29. The number of thiazole rings is 1. The first-order valence-electron chi connectivity index (χ1n) is 11.1. The number of ether oxygens (including phenoxy) is 1. The van der Waals surface area contributed by atoms with E-state index in [2.05, 4.69) is 15.6 Å². The number of methoxy groups -OCH3 is 1. The Hall–Kier alpha value is -2.99. The SMILES string of the molecule is COc1ccc(-c2csc(NC(=O)CSc3ccc(NC(=O)c4c(Cl)c(Cl)c(Cl)c(Cl)c4C(=O)O)cc3)n2)cc1. The molecule has 0 bridgehead atoms. The van der Waals surface area contributed by atoms with Crippen molar-refractivity contribution >= 4 is 98.1 Å². The van der Waals surface area contributed by atoms with Crippen LogP contribution in [0.25, 0.3) is 11.3 Å². The molecule has 40 heavy (non-hydrogen) atoms. The fraction of sp³-hybridized carbons (Fsp3) is 0.0769. The van der Waals surface area contributed by atoms with Gasteiger partial charge in [0.2, 0.25) is 5.91 Å². The van der Waals surface area contributed by atoms with E-state index >= 15 is 0 Å². The Balaban J connectivity index is 1.35. The van der Waals surface area contributed by atoms with E-state index in [1.807, 2.05) is 29.6 Å². The van der Waals surface area contributed by atoms with Crippen molar-refractivity contribution in [3.63, 3.8) is 0 Å². The second-order valence-corrected chi connectivity index (χ2v) is 11.3. The average molecular weight is 657 g/mol. The van der Waals surface area contributed by atoms with Gasteiger partial charge in [0.25, 0.3) is 5.91 Å². The molecule has 0 unspecified atom stereocenters. The molecule has 0 spiro atoms. The van der Waals surface area contributed by atoms with Crippen molar-refractivity contribution in [2.45, 2.75) is 4.90 Å². The van der Waals surface area contributed by atoms with E-state index < -0.39 is 28.0 Å². The number of hydrogen-bond acceptors (Lipinski definition) is 7. The van der Waals surface area contributed by atoms with Crippen molar-refractivity contribution in [1.82, 2.24) is 4.98 Å². The number of amides is 2. The van der Waals surface area contributed by atoms with E-state index in [9.17, 15) is 19.5 Å². The van der Waals surface area contributed by atoms with E-state index in [0.717, 1.165) is 21.9 Å². The van der Waals surface area contributed by atoms with Gasteiger partial charge in [0.1, 0.15) is 5.75 Å². The van der Waals surface area contributed by atoms with Gasteiger partial charge >= 0.3 is 5.97 Å². The van der Waals surface area contributed by atoms with Crippen LogP contribution in [0.1, 0.15) is 20.7 Å². The molecule has 0 radical (unpaired) electrons. The quantitative estimate of drug-likeness (QED) is 0.0946. The Bertz CT molecular complexity index is 1600. The molecule has 0 aliphatic rings. The van der Waals surface area contributed by atoms with E-state index in [0.29, 0.717) is 10.8 Å². The lowest BCUT2D eigenvalue weighted by molar-refractivity contribution is -0.113. The Morgan fingerprint density at radius 2 is 1.52 bits per heavy atom. The topological polar surface area (TPSA) is 118 Å². The van der Waals surface area contributed by atoms with E-state index in [1.54, 1.807) is 31.4 Å². The standard InChI is InChI=1S/C26H17Cl4N3O5S2/c1-38-14-6-2-12(3-7-14)16-10-40-26(32-16)33-17(34)11-39-15-8-4-13(5-9-15)31-24(35)18-19(25(36)37)21(28)23(30)22(29)20(18)27/h2-10H,11H2,1H3,(H,31,35)(H,36,37)(H,32,33,34). The van der Waals surface area contributed by atoms with Crippen LogP contribution in [0.2, 0.25) is 20.1 Å². The third-order valence-corrected chi connectivity index (χ3v) is 8.90. The number of nitrogens with zero attached hydrogens (tertiary/aromatic N) is 1. The van der Waals surface area contributed by atoms with Gasteiger partial charge in [0, 0.05) is 21.5 Å². The fourth-order valence-electron chi connectivity index (χ4n) is 3.40. The highest BCUT2D eigenvalue weighted by Crippen LogP contribution is 2.42. The molecule has 0 aliphatic carbocycles. The van der Waals surface area contributed by atoms with Crippen molar-refractivity contribution in [3.05, 3.63) is 85.1 Å². The summed E-state index contributed by atoms with van der Waals surface area (Å²) in [5.74, 6) is -1.68. The highest BCUT2D eigenvalue weighted by molar-refractivity contribution is 8.00. The molecule has 0 saturated heterocycles. The normalized spacial score (nSPS) is 10.7. The molecule has 8 nitrogen and oxygen atoms in total. The molecule has 0 atom stereocenters. The number of anilines is 2. The van der Waals surface area contributed by atoms with Crippen LogP contribution >= 0.6 is 69.5 Å². The minimum Gasteiger partial charge on any atom is -0.497 e. The third kappa shape index (κ3) is 6.83. The summed E-state index contributed by atoms with van der Waals surface area (Å²) in [6.07, 6.45) is 0. The fourth-order valence-corrected chi connectivity index (χ4v) is 5.86. The van der Waals surface area contributed by atoms with Gasteiger partial charge in [0.05, 0.1) is 49.8 Å². The molecule has 3 aromatic carbocycles. The first-order chi connectivity index (χ1) is 19.1. The molecule has 0 fully saturated rings. The largest absolute Gasteiger partial charge is 0.497 e. The number of nitrogens with one attached hydrogen (secondary N) is 2. The van der Waals surface area contributed by atoms with Crippen molar-refractivity contribution in [1.29, 1.82) is 0 Å². The molecule has 0 aliphatic heterocycles. The molecule has 206 valence electrons. The van der Waals surface area contributed by atoms with Crippen molar-refractivity contribution < 1.29 is 24.2 Å². The molecular formula is C26H17Cl4N3O5S2. The van der Waals surface area contributed by atoms with Crippen LogP contribution in [0, 0.1) is 0 Å². The first-order valence-corrected chi connectivity index (χ1v) is 14.5. The Labute approximate surface area is 256 Å². The van der Waals surface area contributed by atoms with Crippen molar-refractivity contribution in [2.24, 2.45) is 0 Å². The number of hydrogen-bond donors (Lipinski definition) is 3. The van der Waals surface area contributed by atoms with Gasteiger partial charge in [-0.05, 0) is 48.5 Å². The van der Waals surface area contributed by atoms with Gasteiger partial charge in [-0.3, -0.25) is 9.59 Å². The van der Waals surface area contributed by atoms with Crippen LogP contribution in [0.15, 0.2) is 58.8 Å². The second kappa shape index (κ2) is 13.1. The number of aromatic nitrogens is 1. The minimum atomic E-state index is -1.49. The van der Waals surface area contributed by atoms with Crippen LogP contribution < -0.4 is 15.4 Å². The van der Waals surface area contributed by atoms with Crippen molar-refractivity contribution in [3.8, 4) is 17.0 Å². The number of carboxylic acid groups (broad SMARTS) is 1. The summed E-state index contributed by atoms with van der Waals surface area (Å²) in [5, 5.41) is 16.0. The van der Waals surface area contributed by atoms with Gasteiger partial charge < -0.3 is 20.5 Å². The van der Waals surface area contributed by atoms with Crippen molar-refractivity contribution in [2.75, 3.05) is 23.5 Å². The maximum absolute atomic E-state index is 12.9. The van der Waals surface area contributed by atoms with Crippen LogP contribution in [0.4, 0.5) is 10.8 Å². The summed E-state index contributed by atoms with van der Waals surface area (Å²) < 4.78 is 5.16. The Morgan fingerprint density at radius 3 is 2.12 bits per heavy atom. The molecular weight excluding hydrogens is 640 g/mol. The maximum Gasteiger partial charge on any atom is 0.338 e. The zero-order valence-corrected chi connectivity index (χ0v) is 24.9. The zero-order valence-electron chi connectivity index (χ0n) is 20.3. The lowest BCUT2D eigenvalue weighted by Crippen LogP contribution is -2.18. The number of aromatic carboxylic acids is 1.